The lowest BCUT2D eigenvalue weighted by molar-refractivity contribution is -0.905. The molecule has 0 radical (unpaired) electrons. The van der Waals surface area contributed by atoms with Gasteiger partial charge >= 0.3 is 0 Å². The summed E-state index contributed by atoms with van der Waals surface area (Å²) in [5.41, 5.74) is 0.676. The number of likely N-dealkylation sites (tertiary alicyclic amines) is 1. The first kappa shape index (κ1) is 14.1. The minimum Gasteiger partial charge on any atom is -0.494 e. The Morgan fingerprint density at radius 3 is 2.79 bits per heavy atom. The van der Waals surface area contributed by atoms with E-state index in [2.05, 4.69) is 0 Å². The highest BCUT2D eigenvalue weighted by Gasteiger charge is 2.12. The molecule has 2 rings (SSSR count). The van der Waals surface area contributed by atoms with Crippen molar-refractivity contribution in [1.82, 2.24) is 0 Å². The molecule has 0 atom stereocenters. The second-order valence-corrected chi connectivity index (χ2v) is 5.31. The smallest absolute Gasteiger partial charge is 0.150 e. The topological polar surface area (TPSA) is 30.7 Å². The number of nitrogens with one attached hydrogen (secondary N) is 1. The third kappa shape index (κ3) is 5.03. The third-order valence-electron chi connectivity index (χ3n) is 3.75. The van der Waals surface area contributed by atoms with E-state index in [1.807, 2.05) is 12.1 Å². The van der Waals surface area contributed by atoms with Gasteiger partial charge in [0.15, 0.2) is 0 Å². The Bertz CT molecular complexity index is 386. The maximum Gasteiger partial charge on any atom is 0.150 e. The van der Waals surface area contributed by atoms with Crippen LogP contribution < -0.4 is 9.64 Å². The van der Waals surface area contributed by atoms with Gasteiger partial charge in [-0.25, -0.2) is 0 Å². The van der Waals surface area contributed by atoms with E-state index in [1.54, 1.807) is 17.0 Å². The number of unbranched alkanes of at least 4 members (excludes halogenated alkanes) is 1. The van der Waals surface area contributed by atoms with E-state index in [0.29, 0.717) is 5.56 Å². The zero-order valence-corrected chi connectivity index (χ0v) is 11.6. The van der Waals surface area contributed by atoms with E-state index in [0.717, 1.165) is 25.1 Å². The number of aldehydes is 1. The summed E-state index contributed by atoms with van der Waals surface area (Å²) in [4.78, 5) is 12.4. The Labute approximate surface area is 115 Å². The third-order valence-corrected chi connectivity index (χ3v) is 3.75. The van der Waals surface area contributed by atoms with Gasteiger partial charge in [-0.3, -0.25) is 4.79 Å². The molecule has 1 heterocycles. The van der Waals surface area contributed by atoms with Gasteiger partial charge in [-0.15, -0.1) is 0 Å². The minimum absolute atomic E-state index is 0.676. The van der Waals surface area contributed by atoms with Crippen molar-refractivity contribution in [3.63, 3.8) is 0 Å². The first-order valence-corrected chi connectivity index (χ1v) is 7.40. The van der Waals surface area contributed by atoms with Gasteiger partial charge in [0, 0.05) is 5.56 Å². The molecule has 0 amide bonds. The molecule has 0 aliphatic carbocycles. The Balaban J connectivity index is 1.59. The van der Waals surface area contributed by atoms with E-state index in [-0.39, 0.29) is 0 Å². The number of rotatable bonds is 7. The molecule has 19 heavy (non-hydrogen) atoms. The maximum atomic E-state index is 10.7. The van der Waals surface area contributed by atoms with E-state index < -0.39 is 0 Å². The fourth-order valence-electron chi connectivity index (χ4n) is 2.65. The normalized spacial score (nSPS) is 16.2. The molecule has 0 aromatic heterocycles. The fraction of sp³-hybridized carbons (Fsp3) is 0.562. The molecular formula is C16H24NO2+. The summed E-state index contributed by atoms with van der Waals surface area (Å²) < 4.78 is 5.67. The van der Waals surface area contributed by atoms with Crippen LogP contribution in [0.25, 0.3) is 0 Å². The Morgan fingerprint density at radius 1 is 1.16 bits per heavy atom. The van der Waals surface area contributed by atoms with Crippen molar-refractivity contribution >= 4 is 6.29 Å². The number of piperidine rings is 1. The molecule has 0 bridgehead atoms. The van der Waals surface area contributed by atoms with Crippen LogP contribution in [-0.2, 0) is 0 Å². The summed E-state index contributed by atoms with van der Waals surface area (Å²) >= 11 is 0. The number of hydrogen-bond donors (Lipinski definition) is 1. The van der Waals surface area contributed by atoms with E-state index in [9.17, 15) is 4.79 Å². The Morgan fingerprint density at radius 2 is 2.00 bits per heavy atom. The molecule has 0 spiro atoms. The summed E-state index contributed by atoms with van der Waals surface area (Å²) in [7, 11) is 0. The summed E-state index contributed by atoms with van der Waals surface area (Å²) in [5, 5.41) is 0. The molecule has 1 aliphatic heterocycles. The van der Waals surface area contributed by atoms with Gasteiger partial charge < -0.3 is 9.64 Å². The molecule has 1 N–H and O–H groups in total. The van der Waals surface area contributed by atoms with E-state index in [4.69, 9.17) is 4.74 Å². The first-order valence-electron chi connectivity index (χ1n) is 7.40. The van der Waals surface area contributed by atoms with Crippen molar-refractivity contribution in [2.24, 2.45) is 0 Å². The zero-order valence-electron chi connectivity index (χ0n) is 11.6. The van der Waals surface area contributed by atoms with Crippen LogP contribution in [0, 0.1) is 0 Å². The molecule has 1 saturated heterocycles. The second kappa shape index (κ2) is 7.95. The van der Waals surface area contributed by atoms with Crippen molar-refractivity contribution in [2.75, 3.05) is 26.2 Å². The van der Waals surface area contributed by atoms with Gasteiger partial charge in [-0.05, 0) is 44.2 Å². The number of quaternary nitrogens is 1. The van der Waals surface area contributed by atoms with Crippen LogP contribution in [-0.4, -0.2) is 32.5 Å². The van der Waals surface area contributed by atoms with Crippen LogP contribution in [0.5, 0.6) is 5.75 Å². The van der Waals surface area contributed by atoms with Crippen LogP contribution in [0.4, 0.5) is 0 Å². The molecule has 0 unspecified atom stereocenters. The molecule has 3 heteroatoms. The van der Waals surface area contributed by atoms with Gasteiger partial charge in [-0.1, -0.05) is 12.1 Å². The standard InChI is InChI=1S/C16H23NO2/c18-14-15-7-6-8-16(13-15)19-12-5-4-11-17-9-2-1-3-10-17/h6-8,13-14H,1-5,9-12H2/p+1. The highest BCUT2D eigenvalue weighted by atomic mass is 16.5. The van der Waals surface area contributed by atoms with Crippen LogP contribution in [0.3, 0.4) is 0 Å². The van der Waals surface area contributed by atoms with Crippen molar-refractivity contribution in [1.29, 1.82) is 0 Å². The number of hydrogen-bond acceptors (Lipinski definition) is 2. The Hall–Kier alpha value is -1.35. The van der Waals surface area contributed by atoms with Crippen LogP contribution in [0.1, 0.15) is 42.5 Å². The van der Waals surface area contributed by atoms with Crippen molar-refractivity contribution in [3.05, 3.63) is 29.8 Å². The minimum atomic E-state index is 0.676. The predicted molar refractivity (Wildman–Crippen MR) is 76.0 cm³/mol. The molecule has 0 saturated carbocycles. The number of carbonyl (C=O) groups excluding carboxylic acids is 1. The van der Waals surface area contributed by atoms with Crippen molar-refractivity contribution < 1.29 is 14.4 Å². The molecule has 104 valence electrons. The summed E-state index contributed by atoms with van der Waals surface area (Å²) in [6, 6.07) is 7.35. The number of carbonyl (C=O) groups is 1. The lowest BCUT2D eigenvalue weighted by atomic mass is 10.1. The molecule has 3 nitrogen and oxygen atoms in total. The van der Waals surface area contributed by atoms with Crippen LogP contribution >= 0.6 is 0 Å². The fourth-order valence-corrected chi connectivity index (χ4v) is 2.65. The lowest BCUT2D eigenvalue weighted by Gasteiger charge is -2.23. The van der Waals surface area contributed by atoms with Gasteiger partial charge in [0.25, 0.3) is 0 Å². The van der Waals surface area contributed by atoms with Gasteiger partial charge in [0.2, 0.25) is 0 Å². The van der Waals surface area contributed by atoms with Crippen molar-refractivity contribution in [3.8, 4) is 5.75 Å². The molecule has 1 aromatic rings. The van der Waals surface area contributed by atoms with Gasteiger partial charge in [0.05, 0.1) is 26.2 Å². The van der Waals surface area contributed by atoms with Crippen LogP contribution in [0.2, 0.25) is 0 Å². The highest BCUT2D eigenvalue weighted by Crippen LogP contribution is 2.12. The summed E-state index contributed by atoms with van der Waals surface area (Å²) in [6.45, 7) is 4.72. The first-order chi connectivity index (χ1) is 9.38. The largest absolute Gasteiger partial charge is 0.494 e. The lowest BCUT2D eigenvalue weighted by Crippen LogP contribution is -3.12. The van der Waals surface area contributed by atoms with Gasteiger partial charge in [0.1, 0.15) is 12.0 Å². The SMILES string of the molecule is O=Cc1cccc(OCCCC[NH+]2CCCCC2)c1. The highest BCUT2D eigenvalue weighted by molar-refractivity contribution is 5.75. The van der Waals surface area contributed by atoms with Crippen LogP contribution in [0.15, 0.2) is 24.3 Å². The van der Waals surface area contributed by atoms with E-state index in [1.165, 1.54) is 45.3 Å². The number of ether oxygens (including phenoxy) is 1. The zero-order chi connectivity index (χ0) is 13.3. The average molecular weight is 262 g/mol. The van der Waals surface area contributed by atoms with Crippen molar-refractivity contribution in [2.45, 2.75) is 32.1 Å². The molecular weight excluding hydrogens is 238 g/mol. The average Bonchev–Trinajstić information content (AvgIpc) is 2.48. The number of benzene rings is 1. The predicted octanol–water partition coefficient (Wildman–Crippen LogP) is 1.73. The quantitative estimate of drug-likeness (QED) is 0.599. The van der Waals surface area contributed by atoms with E-state index >= 15 is 0 Å². The molecule has 1 fully saturated rings. The Kier molecular flexibility index (Phi) is 5.89. The molecule has 1 aromatic carbocycles. The van der Waals surface area contributed by atoms with Gasteiger partial charge in [-0.2, -0.15) is 0 Å². The second-order valence-electron chi connectivity index (χ2n) is 5.31. The summed E-state index contributed by atoms with van der Waals surface area (Å²) in [5.74, 6) is 0.801. The monoisotopic (exact) mass is 262 g/mol. The maximum absolute atomic E-state index is 10.7. The molecule has 1 aliphatic rings. The summed E-state index contributed by atoms with van der Waals surface area (Å²) in [6.07, 6.45) is 7.37.